The lowest BCUT2D eigenvalue weighted by atomic mass is 10.0. The summed E-state index contributed by atoms with van der Waals surface area (Å²) >= 11 is 0. The normalized spacial score (nSPS) is 17.8. The fourth-order valence-electron chi connectivity index (χ4n) is 6.07. The van der Waals surface area contributed by atoms with E-state index in [1.807, 2.05) is 37.3 Å². The van der Waals surface area contributed by atoms with Crippen molar-refractivity contribution in [3.05, 3.63) is 66.5 Å². The number of piperidine rings is 1. The zero-order valence-corrected chi connectivity index (χ0v) is 25.4. The van der Waals surface area contributed by atoms with Gasteiger partial charge < -0.3 is 20.1 Å². The molecule has 1 aliphatic heterocycles. The summed E-state index contributed by atoms with van der Waals surface area (Å²) in [5, 5.41) is 13.8. The number of hydrogen-bond acceptors (Lipinski definition) is 8. The molecule has 2 aromatic heterocycles. The minimum absolute atomic E-state index is 0.0946. The molecule has 4 aromatic rings. The Bertz CT molecular complexity index is 1780. The van der Waals surface area contributed by atoms with Crippen molar-refractivity contribution in [1.82, 2.24) is 19.9 Å². The molecule has 1 aliphatic carbocycles. The van der Waals surface area contributed by atoms with E-state index in [1.54, 1.807) is 30.6 Å². The van der Waals surface area contributed by atoms with E-state index >= 15 is 0 Å². The number of carbonyl (C=O) groups is 1. The zero-order valence-electron chi connectivity index (χ0n) is 24.6. The number of aromatic nitrogens is 3. The highest BCUT2D eigenvalue weighted by Gasteiger charge is 2.28. The lowest BCUT2D eigenvalue weighted by molar-refractivity contribution is 0.132. The van der Waals surface area contributed by atoms with Crippen molar-refractivity contribution in [3.63, 3.8) is 0 Å². The van der Waals surface area contributed by atoms with Crippen LogP contribution in [0.2, 0.25) is 0 Å². The molecule has 44 heavy (non-hydrogen) atoms. The van der Waals surface area contributed by atoms with Gasteiger partial charge in [0.05, 0.1) is 22.2 Å². The summed E-state index contributed by atoms with van der Waals surface area (Å²) in [5.41, 5.74) is 2.64. The summed E-state index contributed by atoms with van der Waals surface area (Å²) in [7, 11) is -3.53. The maximum Gasteiger partial charge on any atom is 0.407 e. The number of benzene rings is 2. The van der Waals surface area contributed by atoms with Gasteiger partial charge in [0.1, 0.15) is 5.75 Å². The second-order valence-electron chi connectivity index (χ2n) is 11.5. The maximum absolute atomic E-state index is 13.2. The van der Waals surface area contributed by atoms with E-state index in [2.05, 4.69) is 20.0 Å². The molecule has 0 radical (unpaired) electrons. The molecule has 11 nitrogen and oxygen atoms in total. The second-order valence-corrected chi connectivity index (χ2v) is 13.4. The summed E-state index contributed by atoms with van der Waals surface area (Å²) in [6.45, 7) is 2.82. The fraction of sp³-hybridized carbons (Fsp3) is 0.375. The van der Waals surface area contributed by atoms with Crippen LogP contribution in [0.5, 0.6) is 11.6 Å². The molecule has 1 unspecified atom stereocenters. The predicted molar refractivity (Wildman–Crippen MR) is 170 cm³/mol. The standard InChI is InChI=1S/C32H36N6O5S/c1-21-14-15-24-25(11-5-13-28(24)37-44(41,42)23-9-3-2-4-10-23)29(21)43-30-26(12-6-17-33-30)27-16-18-34-31(36-27)35-22-8-7-19-38(20-22)32(39)40/h5-6,11-18,22-23,37H,2-4,7-10,19-20H2,1H3,(H,39,40)(H,34,35,36). The number of likely N-dealkylation sites (tertiary alicyclic amines) is 1. The number of nitrogens with one attached hydrogen (secondary N) is 2. The summed E-state index contributed by atoms with van der Waals surface area (Å²) in [6.07, 6.45) is 8.23. The molecule has 1 saturated heterocycles. The zero-order chi connectivity index (χ0) is 30.7. The first-order valence-electron chi connectivity index (χ1n) is 15.0. The topological polar surface area (TPSA) is 147 Å². The third-order valence-corrected chi connectivity index (χ3v) is 10.2. The first kappa shape index (κ1) is 29.6. The first-order chi connectivity index (χ1) is 21.3. The highest BCUT2D eigenvalue weighted by atomic mass is 32.2. The molecule has 3 N–H and O–H groups in total. The predicted octanol–water partition coefficient (Wildman–Crippen LogP) is 6.42. The third-order valence-electron chi connectivity index (χ3n) is 8.38. The average Bonchev–Trinajstić information content (AvgIpc) is 3.03. The molecule has 1 amide bonds. The number of nitrogens with zero attached hydrogens (tertiary/aromatic N) is 4. The molecular weight excluding hydrogens is 580 g/mol. The first-order valence-corrected chi connectivity index (χ1v) is 16.6. The number of pyridine rings is 1. The number of ether oxygens (including phenoxy) is 1. The Morgan fingerprint density at radius 2 is 1.80 bits per heavy atom. The number of anilines is 2. The Hall–Kier alpha value is -4.45. The fourth-order valence-corrected chi connectivity index (χ4v) is 7.67. The lowest BCUT2D eigenvalue weighted by Gasteiger charge is -2.31. The monoisotopic (exact) mass is 616 g/mol. The van der Waals surface area contributed by atoms with Crippen LogP contribution in [0.25, 0.3) is 22.0 Å². The summed E-state index contributed by atoms with van der Waals surface area (Å²) in [5.74, 6) is 1.31. The van der Waals surface area contributed by atoms with E-state index in [1.165, 1.54) is 4.90 Å². The Morgan fingerprint density at radius 3 is 2.61 bits per heavy atom. The number of fused-ring (bicyclic) bond motifs is 1. The van der Waals surface area contributed by atoms with Crippen molar-refractivity contribution < 1.29 is 23.1 Å². The van der Waals surface area contributed by atoms with Crippen LogP contribution in [0.15, 0.2) is 60.9 Å². The van der Waals surface area contributed by atoms with Gasteiger partial charge >= 0.3 is 6.09 Å². The van der Waals surface area contributed by atoms with Crippen LogP contribution >= 0.6 is 0 Å². The third kappa shape index (κ3) is 6.40. The molecule has 0 bridgehead atoms. The number of aryl methyl sites for hydroxylation is 1. The van der Waals surface area contributed by atoms with Crippen LogP contribution in [0.1, 0.15) is 50.5 Å². The van der Waals surface area contributed by atoms with Gasteiger partial charge in [-0.2, -0.15) is 0 Å². The van der Waals surface area contributed by atoms with E-state index in [0.717, 1.165) is 48.4 Å². The molecule has 12 heteroatoms. The summed E-state index contributed by atoms with van der Waals surface area (Å²) in [6, 6.07) is 14.7. The molecule has 2 aliphatic rings. The smallest absolute Gasteiger partial charge is 0.407 e. The van der Waals surface area contributed by atoms with Crippen LogP contribution in [-0.2, 0) is 10.0 Å². The Kier molecular flexibility index (Phi) is 8.51. The van der Waals surface area contributed by atoms with Crippen molar-refractivity contribution in [1.29, 1.82) is 0 Å². The van der Waals surface area contributed by atoms with Gasteiger partial charge in [0.25, 0.3) is 0 Å². The minimum Gasteiger partial charge on any atom is -0.465 e. The molecule has 0 spiro atoms. The molecule has 6 rings (SSSR count). The van der Waals surface area contributed by atoms with Gasteiger partial charge in [-0.3, -0.25) is 4.72 Å². The van der Waals surface area contributed by atoms with Gasteiger partial charge in [-0.25, -0.2) is 28.2 Å². The Morgan fingerprint density at radius 1 is 0.955 bits per heavy atom. The number of rotatable bonds is 8. The van der Waals surface area contributed by atoms with Crippen molar-refractivity contribution in [3.8, 4) is 22.9 Å². The second kappa shape index (κ2) is 12.7. The SMILES string of the molecule is Cc1ccc2c(NS(=O)(=O)C3CCCCC3)cccc2c1Oc1ncccc1-c1ccnc(NC2CCCN(C(=O)O)C2)n1. The largest absolute Gasteiger partial charge is 0.465 e. The van der Waals surface area contributed by atoms with Gasteiger partial charge in [-0.1, -0.05) is 43.5 Å². The van der Waals surface area contributed by atoms with Crippen molar-refractivity contribution in [2.75, 3.05) is 23.1 Å². The number of hydrogen-bond donors (Lipinski definition) is 3. The van der Waals surface area contributed by atoms with Gasteiger partial charge in [-0.15, -0.1) is 0 Å². The minimum atomic E-state index is -3.53. The molecule has 2 fully saturated rings. The van der Waals surface area contributed by atoms with E-state index < -0.39 is 16.1 Å². The maximum atomic E-state index is 13.2. The highest BCUT2D eigenvalue weighted by molar-refractivity contribution is 7.93. The van der Waals surface area contributed by atoms with Crippen LogP contribution in [0.3, 0.4) is 0 Å². The number of sulfonamides is 1. The quantitative estimate of drug-likeness (QED) is 0.204. The van der Waals surface area contributed by atoms with E-state index in [9.17, 15) is 18.3 Å². The van der Waals surface area contributed by atoms with Gasteiger partial charge in [0, 0.05) is 42.3 Å². The van der Waals surface area contributed by atoms with Crippen LogP contribution in [0, 0.1) is 6.92 Å². The van der Waals surface area contributed by atoms with E-state index in [-0.39, 0.29) is 11.3 Å². The van der Waals surface area contributed by atoms with Crippen LogP contribution in [-0.4, -0.2) is 63.9 Å². The van der Waals surface area contributed by atoms with Crippen molar-refractivity contribution in [2.24, 2.45) is 0 Å². The van der Waals surface area contributed by atoms with Gasteiger partial charge in [-0.05, 0) is 62.4 Å². The molecule has 2 aromatic carbocycles. The van der Waals surface area contributed by atoms with Gasteiger partial charge in [0.15, 0.2) is 0 Å². The summed E-state index contributed by atoms with van der Waals surface area (Å²) < 4.78 is 35.9. The molecule has 230 valence electrons. The number of carboxylic acid groups (broad SMARTS) is 1. The molecule has 3 heterocycles. The lowest BCUT2D eigenvalue weighted by Crippen LogP contribution is -2.44. The number of amides is 1. The molecule has 1 atom stereocenters. The van der Waals surface area contributed by atoms with Crippen LogP contribution in [0.4, 0.5) is 16.4 Å². The molecular formula is C32H36N6O5S. The molecule has 1 saturated carbocycles. The van der Waals surface area contributed by atoms with Gasteiger partial charge in [0.2, 0.25) is 21.9 Å². The van der Waals surface area contributed by atoms with Crippen LogP contribution < -0.4 is 14.8 Å². The van der Waals surface area contributed by atoms with E-state index in [0.29, 0.717) is 60.5 Å². The highest BCUT2D eigenvalue weighted by Crippen LogP contribution is 2.39. The Balaban J connectivity index is 1.28. The van der Waals surface area contributed by atoms with E-state index in [4.69, 9.17) is 9.72 Å². The Labute approximate surface area is 256 Å². The average molecular weight is 617 g/mol. The van der Waals surface area contributed by atoms with Crippen molar-refractivity contribution >= 4 is 38.5 Å². The van der Waals surface area contributed by atoms with Crippen molar-refractivity contribution in [2.45, 2.75) is 63.2 Å². The summed E-state index contributed by atoms with van der Waals surface area (Å²) in [4.78, 5) is 26.4.